The number of hydrogen-bond donors (Lipinski definition) is 1. The Morgan fingerprint density at radius 1 is 1.10 bits per heavy atom. The fraction of sp³-hybridized carbons (Fsp3) is 0.333. The van der Waals surface area contributed by atoms with Crippen molar-refractivity contribution < 1.29 is 9.18 Å². The van der Waals surface area contributed by atoms with Gasteiger partial charge >= 0.3 is 0 Å². The summed E-state index contributed by atoms with van der Waals surface area (Å²) >= 11 is 0. The molecule has 0 bridgehead atoms. The van der Waals surface area contributed by atoms with Crippen molar-refractivity contribution in [2.24, 2.45) is 5.92 Å². The highest BCUT2D eigenvalue weighted by Crippen LogP contribution is 2.38. The third kappa shape index (κ3) is 4.53. The van der Waals surface area contributed by atoms with Crippen LogP contribution in [0.3, 0.4) is 0 Å². The minimum atomic E-state index is -0.485. The van der Waals surface area contributed by atoms with Crippen LogP contribution in [-0.2, 0) is 0 Å². The number of halogens is 1. The van der Waals surface area contributed by atoms with Crippen LogP contribution in [0.4, 0.5) is 4.39 Å². The van der Waals surface area contributed by atoms with Crippen molar-refractivity contribution in [1.82, 2.24) is 20.3 Å². The molecule has 0 saturated heterocycles. The summed E-state index contributed by atoms with van der Waals surface area (Å²) in [5.41, 5.74) is 3.35. The summed E-state index contributed by atoms with van der Waals surface area (Å²) in [5.74, 6) is 0.711. The molecule has 2 aromatic heterocycles. The Labute approximate surface area is 175 Å². The van der Waals surface area contributed by atoms with Gasteiger partial charge in [-0.2, -0.15) is 0 Å². The van der Waals surface area contributed by atoms with Crippen LogP contribution >= 0.6 is 0 Å². The van der Waals surface area contributed by atoms with E-state index in [-0.39, 0.29) is 11.5 Å². The summed E-state index contributed by atoms with van der Waals surface area (Å²) in [7, 11) is 0. The smallest absolute Gasteiger partial charge is 0.254 e. The topological polar surface area (TPSA) is 67.8 Å². The van der Waals surface area contributed by atoms with Gasteiger partial charge in [-0.1, -0.05) is 12.1 Å². The van der Waals surface area contributed by atoms with Gasteiger partial charge in [0.15, 0.2) is 0 Å². The Morgan fingerprint density at radius 3 is 2.57 bits per heavy atom. The Morgan fingerprint density at radius 2 is 1.83 bits per heavy atom. The second-order valence-electron chi connectivity index (χ2n) is 7.86. The van der Waals surface area contributed by atoms with Crippen LogP contribution in [0.1, 0.15) is 53.5 Å². The van der Waals surface area contributed by atoms with Crippen molar-refractivity contribution in [3.05, 3.63) is 77.9 Å². The SMILES string of the molecule is Cc1ncc(-c2ccncc2)c(C2CCC(CNC(=O)c3ccccc3F)CC2)n1. The fourth-order valence-corrected chi connectivity index (χ4v) is 4.17. The monoisotopic (exact) mass is 404 g/mol. The molecular weight excluding hydrogens is 379 g/mol. The quantitative estimate of drug-likeness (QED) is 0.670. The number of nitrogens with zero attached hydrogens (tertiary/aromatic N) is 3. The summed E-state index contributed by atoms with van der Waals surface area (Å²) in [6.45, 7) is 2.49. The zero-order valence-electron chi connectivity index (χ0n) is 17.0. The lowest BCUT2D eigenvalue weighted by molar-refractivity contribution is 0.0938. The molecule has 1 aromatic carbocycles. The van der Waals surface area contributed by atoms with Crippen LogP contribution < -0.4 is 5.32 Å². The number of rotatable bonds is 5. The molecule has 0 spiro atoms. The molecule has 1 aliphatic carbocycles. The molecule has 3 aromatic rings. The lowest BCUT2D eigenvalue weighted by Crippen LogP contribution is -2.31. The van der Waals surface area contributed by atoms with Gasteiger partial charge in [0.05, 0.1) is 11.3 Å². The van der Waals surface area contributed by atoms with Gasteiger partial charge in [-0.25, -0.2) is 14.4 Å². The van der Waals surface area contributed by atoms with E-state index in [0.717, 1.165) is 48.3 Å². The minimum Gasteiger partial charge on any atom is -0.352 e. The molecular formula is C24H25FN4O. The second kappa shape index (κ2) is 9.11. The van der Waals surface area contributed by atoms with E-state index in [1.165, 1.54) is 12.1 Å². The summed E-state index contributed by atoms with van der Waals surface area (Å²) < 4.78 is 13.8. The number of hydrogen-bond acceptors (Lipinski definition) is 4. The molecule has 1 fully saturated rings. The highest BCUT2D eigenvalue weighted by atomic mass is 19.1. The van der Waals surface area contributed by atoms with E-state index in [1.807, 2.05) is 25.3 Å². The van der Waals surface area contributed by atoms with Gasteiger partial charge in [-0.15, -0.1) is 0 Å². The number of nitrogens with one attached hydrogen (secondary N) is 1. The molecule has 4 rings (SSSR count). The van der Waals surface area contributed by atoms with Crippen LogP contribution in [0.15, 0.2) is 55.0 Å². The van der Waals surface area contributed by atoms with Gasteiger partial charge in [0.1, 0.15) is 11.6 Å². The van der Waals surface area contributed by atoms with E-state index >= 15 is 0 Å². The molecule has 0 aliphatic heterocycles. The van der Waals surface area contributed by atoms with E-state index in [1.54, 1.807) is 24.5 Å². The van der Waals surface area contributed by atoms with E-state index in [4.69, 9.17) is 4.98 Å². The maximum Gasteiger partial charge on any atom is 0.254 e. The number of benzene rings is 1. The molecule has 1 saturated carbocycles. The lowest BCUT2D eigenvalue weighted by atomic mass is 9.79. The summed E-state index contributed by atoms with van der Waals surface area (Å²) in [6.07, 6.45) is 9.50. The molecule has 1 aliphatic rings. The summed E-state index contributed by atoms with van der Waals surface area (Å²) in [6, 6.07) is 10.1. The summed E-state index contributed by atoms with van der Waals surface area (Å²) in [5, 5.41) is 2.90. The third-order valence-corrected chi connectivity index (χ3v) is 5.83. The number of carbonyl (C=O) groups excluding carboxylic acids is 1. The van der Waals surface area contributed by atoms with Crippen molar-refractivity contribution in [3.63, 3.8) is 0 Å². The first-order chi connectivity index (χ1) is 14.6. The lowest BCUT2D eigenvalue weighted by Gasteiger charge is -2.29. The predicted octanol–water partition coefficient (Wildman–Crippen LogP) is 4.69. The van der Waals surface area contributed by atoms with Crippen LogP contribution in [0.2, 0.25) is 0 Å². The predicted molar refractivity (Wildman–Crippen MR) is 113 cm³/mol. The zero-order chi connectivity index (χ0) is 20.9. The van der Waals surface area contributed by atoms with Crippen LogP contribution in [-0.4, -0.2) is 27.4 Å². The average molecular weight is 404 g/mol. The van der Waals surface area contributed by atoms with Crippen LogP contribution in [0.25, 0.3) is 11.1 Å². The van der Waals surface area contributed by atoms with E-state index < -0.39 is 5.82 Å². The second-order valence-corrected chi connectivity index (χ2v) is 7.86. The molecule has 6 heteroatoms. The normalized spacial score (nSPS) is 18.7. The average Bonchev–Trinajstić information content (AvgIpc) is 2.79. The molecule has 154 valence electrons. The van der Waals surface area contributed by atoms with E-state index in [9.17, 15) is 9.18 Å². The first-order valence-corrected chi connectivity index (χ1v) is 10.4. The molecule has 5 nitrogen and oxygen atoms in total. The number of amides is 1. The highest BCUT2D eigenvalue weighted by Gasteiger charge is 2.26. The minimum absolute atomic E-state index is 0.102. The Balaban J connectivity index is 1.39. The summed E-state index contributed by atoms with van der Waals surface area (Å²) in [4.78, 5) is 25.5. The van der Waals surface area contributed by atoms with Crippen molar-refractivity contribution >= 4 is 5.91 Å². The van der Waals surface area contributed by atoms with Gasteiger partial charge in [-0.3, -0.25) is 9.78 Å². The van der Waals surface area contributed by atoms with Gasteiger partial charge in [-0.05, 0) is 68.4 Å². The van der Waals surface area contributed by atoms with Crippen molar-refractivity contribution in [3.8, 4) is 11.1 Å². The number of carbonyl (C=O) groups is 1. The Kier molecular flexibility index (Phi) is 6.12. The van der Waals surface area contributed by atoms with Crippen molar-refractivity contribution in [2.75, 3.05) is 6.54 Å². The number of aryl methyl sites for hydroxylation is 1. The zero-order valence-corrected chi connectivity index (χ0v) is 17.0. The van der Waals surface area contributed by atoms with E-state index in [2.05, 4.69) is 15.3 Å². The number of aromatic nitrogens is 3. The molecule has 1 amide bonds. The molecule has 1 N–H and O–H groups in total. The maximum atomic E-state index is 13.8. The third-order valence-electron chi connectivity index (χ3n) is 5.83. The van der Waals surface area contributed by atoms with Crippen LogP contribution in [0.5, 0.6) is 0 Å². The first kappa shape index (κ1) is 20.1. The van der Waals surface area contributed by atoms with E-state index in [0.29, 0.717) is 18.4 Å². The Hall–Kier alpha value is -3.15. The molecule has 0 unspecified atom stereocenters. The van der Waals surface area contributed by atoms with Gasteiger partial charge in [0.2, 0.25) is 0 Å². The van der Waals surface area contributed by atoms with Gasteiger partial charge in [0, 0.05) is 36.6 Å². The van der Waals surface area contributed by atoms with Crippen molar-refractivity contribution in [1.29, 1.82) is 0 Å². The highest BCUT2D eigenvalue weighted by molar-refractivity contribution is 5.94. The largest absolute Gasteiger partial charge is 0.352 e. The van der Waals surface area contributed by atoms with Crippen LogP contribution in [0, 0.1) is 18.7 Å². The fourth-order valence-electron chi connectivity index (χ4n) is 4.17. The maximum absolute atomic E-state index is 13.8. The standard InChI is InChI=1S/C24H25FN4O/c1-16-27-15-21(18-10-12-26-13-11-18)23(29-16)19-8-6-17(7-9-19)14-28-24(30)20-4-2-3-5-22(20)25/h2-5,10-13,15,17,19H,6-9,14H2,1H3,(H,28,30). The molecule has 30 heavy (non-hydrogen) atoms. The number of pyridine rings is 1. The molecule has 0 radical (unpaired) electrons. The van der Waals surface area contributed by atoms with Gasteiger partial charge in [0.25, 0.3) is 5.91 Å². The molecule has 0 atom stereocenters. The first-order valence-electron chi connectivity index (χ1n) is 10.4. The molecule has 2 heterocycles. The Bertz CT molecular complexity index is 1020. The van der Waals surface area contributed by atoms with Crippen molar-refractivity contribution in [2.45, 2.75) is 38.5 Å². The van der Waals surface area contributed by atoms with Gasteiger partial charge < -0.3 is 5.32 Å².